The molecule has 2 rings (SSSR count). The minimum Gasteiger partial charge on any atom is -0.355 e. The van der Waals surface area contributed by atoms with Crippen LogP contribution in [0.1, 0.15) is 27.2 Å². The van der Waals surface area contributed by atoms with Crippen molar-refractivity contribution >= 4 is 17.7 Å². The molecule has 0 radical (unpaired) electrons. The number of hydrogen-bond donors (Lipinski definition) is 2. The van der Waals surface area contributed by atoms with Crippen molar-refractivity contribution in [3.8, 4) is 0 Å². The van der Waals surface area contributed by atoms with Gasteiger partial charge in [-0.1, -0.05) is 6.92 Å². The minimum absolute atomic E-state index is 0.257. The van der Waals surface area contributed by atoms with Crippen LogP contribution in [-0.4, -0.2) is 85.7 Å². The summed E-state index contributed by atoms with van der Waals surface area (Å²) in [5.41, 5.74) is 0.257. The van der Waals surface area contributed by atoms with Crippen molar-refractivity contribution in [3.05, 3.63) is 0 Å². The third kappa shape index (κ3) is 4.54. The molecule has 0 bridgehead atoms. The van der Waals surface area contributed by atoms with Gasteiger partial charge >= 0.3 is 0 Å². The van der Waals surface area contributed by atoms with E-state index in [0.29, 0.717) is 18.0 Å². The lowest BCUT2D eigenvalue weighted by molar-refractivity contribution is 0.182. The van der Waals surface area contributed by atoms with Crippen LogP contribution >= 0.6 is 11.8 Å². The smallest absolute Gasteiger partial charge is 0.191 e. The van der Waals surface area contributed by atoms with E-state index in [1.807, 2.05) is 7.05 Å². The zero-order chi connectivity index (χ0) is 17.0. The highest BCUT2D eigenvalue weighted by molar-refractivity contribution is 7.99. The first-order valence-corrected chi connectivity index (χ1v) is 10.00. The maximum absolute atomic E-state index is 4.46. The van der Waals surface area contributed by atoms with Gasteiger partial charge in [0.05, 0.1) is 0 Å². The van der Waals surface area contributed by atoms with Crippen molar-refractivity contribution in [2.75, 3.05) is 52.3 Å². The van der Waals surface area contributed by atoms with Gasteiger partial charge < -0.3 is 15.5 Å². The van der Waals surface area contributed by atoms with E-state index in [-0.39, 0.29) is 5.54 Å². The molecular formula is C17H35N5S. The normalized spacial score (nSPS) is 33.0. The number of thioether (sulfide) groups is 1. The molecule has 2 aliphatic heterocycles. The van der Waals surface area contributed by atoms with Gasteiger partial charge in [0, 0.05) is 50.1 Å². The van der Waals surface area contributed by atoms with Gasteiger partial charge in [-0.2, -0.15) is 11.8 Å². The third-order valence-corrected chi connectivity index (χ3v) is 6.77. The molecule has 0 saturated carbocycles. The van der Waals surface area contributed by atoms with Crippen LogP contribution in [0.4, 0.5) is 0 Å². The molecule has 3 unspecified atom stereocenters. The van der Waals surface area contributed by atoms with Gasteiger partial charge in [-0.05, 0) is 46.0 Å². The summed E-state index contributed by atoms with van der Waals surface area (Å²) < 4.78 is 0. The fraction of sp³-hybridized carbons (Fsp3) is 0.941. The molecule has 0 spiro atoms. The summed E-state index contributed by atoms with van der Waals surface area (Å²) in [4.78, 5) is 9.38. The average Bonchev–Trinajstić information content (AvgIpc) is 3.11. The number of guanidine groups is 1. The van der Waals surface area contributed by atoms with Gasteiger partial charge in [0.1, 0.15) is 0 Å². The standard InChI is InChI=1S/C17H35N5S/c1-13(2)22-9-14(3)15(10-22)20-16(18-4)19-11-17(21(5)6)7-8-23-12-17/h13-15H,7-12H2,1-6H3,(H2,18,19,20). The van der Waals surface area contributed by atoms with Gasteiger partial charge in [0.25, 0.3) is 0 Å². The summed E-state index contributed by atoms with van der Waals surface area (Å²) in [5, 5.41) is 7.24. The van der Waals surface area contributed by atoms with Gasteiger partial charge in [0.15, 0.2) is 5.96 Å². The van der Waals surface area contributed by atoms with Crippen molar-refractivity contribution in [1.82, 2.24) is 20.4 Å². The van der Waals surface area contributed by atoms with E-state index < -0.39 is 0 Å². The molecule has 2 aliphatic rings. The molecule has 134 valence electrons. The molecule has 6 heteroatoms. The Morgan fingerprint density at radius 3 is 2.61 bits per heavy atom. The Kier molecular flexibility index (Phi) is 6.63. The molecule has 0 aromatic rings. The van der Waals surface area contributed by atoms with Crippen LogP contribution in [-0.2, 0) is 0 Å². The molecule has 2 heterocycles. The molecule has 2 fully saturated rings. The molecule has 5 nitrogen and oxygen atoms in total. The van der Waals surface area contributed by atoms with Crippen LogP contribution in [0.15, 0.2) is 4.99 Å². The number of nitrogens with one attached hydrogen (secondary N) is 2. The van der Waals surface area contributed by atoms with Crippen molar-refractivity contribution < 1.29 is 0 Å². The van der Waals surface area contributed by atoms with E-state index >= 15 is 0 Å². The van der Waals surface area contributed by atoms with Gasteiger partial charge in [-0.15, -0.1) is 0 Å². The van der Waals surface area contributed by atoms with Gasteiger partial charge in [0.2, 0.25) is 0 Å². The molecular weight excluding hydrogens is 306 g/mol. The van der Waals surface area contributed by atoms with Crippen molar-refractivity contribution in [2.45, 2.75) is 44.8 Å². The largest absolute Gasteiger partial charge is 0.355 e. The lowest BCUT2D eigenvalue weighted by atomic mass is 9.97. The quantitative estimate of drug-likeness (QED) is 0.583. The number of aliphatic imine (C=N–C) groups is 1. The topological polar surface area (TPSA) is 42.9 Å². The molecule has 2 N–H and O–H groups in total. The summed E-state index contributed by atoms with van der Waals surface area (Å²) in [6, 6.07) is 1.10. The second kappa shape index (κ2) is 8.08. The number of hydrogen-bond acceptors (Lipinski definition) is 4. The minimum atomic E-state index is 0.257. The summed E-state index contributed by atoms with van der Waals surface area (Å²) >= 11 is 2.06. The molecule has 0 aromatic heterocycles. The average molecular weight is 342 g/mol. The molecule has 23 heavy (non-hydrogen) atoms. The van der Waals surface area contributed by atoms with E-state index in [9.17, 15) is 0 Å². The third-order valence-electron chi connectivity index (χ3n) is 5.53. The Morgan fingerprint density at radius 1 is 1.39 bits per heavy atom. The van der Waals surface area contributed by atoms with Crippen LogP contribution in [0, 0.1) is 5.92 Å². The van der Waals surface area contributed by atoms with E-state index in [4.69, 9.17) is 0 Å². The van der Waals surface area contributed by atoms with Crippen LogP contribution < -0.4 is 10.6 Å². The van der Waals surface area contributed by atoms with E-state index in [1.165, 1.54) is 24.5 Å². The molecule has 2 saturated heterocycles. The highest BCUT2D eigenvalue weighted by atomic mass is 32.2. The second-order valence-electron chi connectivity index (χ2n) is 7.62. The van der Waals surface area contributed by atoms with Crippen LogP contribution in [0.3, 0.4) is 0 Å². The van der Waals surface area contributed by atoms with Crippen LogP contribution in [0.25, 0.3) is 0 Å². The molecule has 0 aromatic carbocycles. The Hall–Kier alpha value is -0.460. The lowest BCUT2D eigenvalue weighted by Gasteiger charge is -2.36. The zero-order valence-corrected chi connectivity index (χ0v) is 16.5. The Bertz CT molecular complexity index is 404. The predicted octanol–water partition coefficient (Wildman–Crippen LogP) is 1.32. The summed E-state index contributed by atoms with van der Waals surface area (Å²) in [6.07, 6.45) is 1.25. The van der Waals surface area contributed by atoms with E-state index in [1.54, 1.807) is 0 Å². The molecule has 0 aliphatic carbocycles. The number of nitrogens with zero attached hydrogens (tertiary/aromatic N) is 3. The Balaban J connectivity index is 1.89. The van der Waals surface area contributed by atoms with Crippen molar-refractivity contribution in [1.29, 1.82) is 0 Å². The predicted molar refractivity (Wildman–Crippen MR) is 103 cm³/mol. The van der Waals surface area contributed by atoms with Crippen molar-refractivity contribution in [2.24, 2.45) is 10.9 Å². The van der Waals surface area contributed by atoms with Gasteiger partial charge in [-0.25, -0.2) is 0 Å². The summed E-state index contributed by atoms with van der Waals surface area (Å²) in [6.45, 7) is 10.1. The maximum atomic E-state index is 4.46. The SMILES string of the molecule is CN=C(NCC1(N(C)C)CCSC1)NC1CN(C(C)C)CC1C. The highest BCUT2D eigenvalue weighted by Gasteiger charge is 2.37. The number of likely N-dealkylation sites (tertiary alicyclic amines) is 1. The first kappa shape index (κ1) is 18.9. The number of rotatable bonds is 5. The second-order valence-corrected chi connectivity index (χ2v) is 8.73. The van der Waals surface area contributed by atoms with Crippen LogP contribution in [0.5, 0.6) is 0 Å². The van der Waals surface area contributed by atoms with E-state index in [0.717, 1.165) is 19.0 Å². The molecule has 0 amide bonds. The highest BCUT2D eigenvalue weighted by Crippen LogP contribution is 2.31. The van der Waals surface area contributed by atoms with Crippen molar-refractivity contribution in [3.63, 3.8) is 0 Å². The first-order chi connectivity index (χ1) is 10.9. The Morgan fingerprint density at radius 2 is 2.13 bits per heavy atom. The maximum Gasteiger partial charge on any atom is 0.191 e. The fourth-order valence-electron chi connectivity index (χ4n) is 3.48. The molecule has 3 atom stereocenters. The number of likely N-dealkylation sites (N-methyl/N-ethyl adjacent to an activating group) is 1. The van der Waals surface area contributed by atoms with Crippen LogP contribution in [0.2, 0.25) is 0 Å². The lowest BCUT2D eigenvalue weighted by Crippen LogP contribution is -2.56. The van der Waals surface area contributed by atoms with E-state index in [2.05, 4.69) is 72.1 Å². The monoisotopic (exact) mass is 341 g/mol. The summed E-state index contributed by atoms with van der Waals surface area (Å²) in [5.74, 6) is 4.06. The Labute approximate surface area is 146 Å². The summed E-state index contributed by atoms with van der Waals surface area (Å²) in [7, 11) is 6.27. The first-order valence-electron chi connectivity index (χ1n) is 8.84. The zero-order valence-electron chi connectivity index (χ0n) is 15.7. The fourth-order valence-corrected chi connectivity index (χ4v) is 5.03. The van der Waals surface area contributed by atoms with Gasteiger partial charge in [-0.3, -0.25) is 9.89 Å².